The van der Waals surface area contributed by atoms with Gasteiger partial charge in [0.25, 0.3) is 0 Å². The van der Waals surface area contributed by atoms with Gasteiger partial charge in [0.05, 0.1) is 18.8 Å². The summed E-state index contributed by atoms with van der Waals surface area (Å²) < 4.78 is 23.1. The Morgan fingerprint density at radius 3 is 1.49 bits per heavy atom. The summed E-state index contributed by atoms with van der Waals surface area (Å²) in [7, 11) is 0. The highest BCUT2D eigenvalue weighted by Crippen LogP contribution is 2.32. The molecule has 8 heteroatoms. The molecule has 2 N–H and O–H groups in total. The summed E-state index contributed by atoms with van der Waals surface area (Å²) in [5.41, 5.74) is 1.91. The van der Waals surface area contributed by atoms with E-state index in [0.717, 1.165) is 11.1 Å². The number of aliphatic hydroxyl groups excluding tert-OH is 2. The van der Waals surface area contributed by atoms with Crippen molar-refractivity contribution in [2.24, 2.45) is 0 Å². The normalized spacial score (nSPS) is 25.3. The molecule has 0 aromatic heterocycles. The Morgan fingerprint density at radius 2 is 1.03 bits per heavy atom. The van der Waals surface area contributed by atoms with Gasteiger partial charge in [0.15, 0.2) is 12.2 Å². The van der Waals surface area contributed by atoms with Gasteiger partial charge in [0.2, 0.25) is 0 Å². The smallest absolute Gasteiger partial charge is 0.338 e. The van der Waals surface area contributed by atoms with Crippen molar-refractivity contribution >= 4 is 11.9 Å². The van der Waals surface area contributed by atoms with E-state index in [9.17, 15) is 19.8 Å². The highest BCUT2D eigenvalue weighted by atomic mass is 16.6. The zero-order valence-corrected chi connectivity index (χ0v) is 20.4. The summed E-state index contributed by atoms with van der Waals surface area (Å²) >= 11 is 0. The van der Waals surface area contributed by atoms with Crippen molar-refractivity contribution in [3.63, 3.8) is 0 Å². The predicted molar refractivity (Wildman–Crippen MR) is 133 cm³/mol. The lowest BCUT2D eigenvalue weighted by Crippen LogP contribution is -2.66. The van der Waals surface area contributed by atoms with Crippen LogP contribution in [0.2, 0.25) is 0 Å². The molecule has 4 rings (SSSR count). The summed E-state index contributed by atoms with van der Waals surface area (Å²) in [4.78, 5) is 24.8. The van der Waals surface area contributed by atoms with Crippen LogP contribution in [0.4, 0.5) is 0 Å². The second-order valence-corrected chi connectivity index (χ2v) is 8.81. The summed E-state index contributed by atoms with van der Waals surface area (Å²) in [5, 5.41) is 22.7. The van der Waals surface area contributed by atoms with Crippen molar-refractivity contribution in [1.82, 2.24) is 0 Å². The largest absolute Gasteiger partial charge is 0.457 e. The topological polar surface area (TPSA) is 112 Å². The summed E-state index contributed by atoms with van der Waals surface area (Å²) in [5.74, 6) is -1.39. The van der Waals surface area contributed by atoms with Crippen LogP contribution >= 0.6 is 0 Å². The highest BCUT2D eigenvalue weighted by Gasteiger charge is 2.55. The number of rotatable bonds is 9. The summed E-state index contributed by atoms with van der Waals surface area (Å²) in [6, 6.07) is 26.8. The molecule has 1 aliphatic carbocycles. The maximum Gasteiger partial charge on any atom is 0.338 e. The molecule has 6 atom stereocenters. The van der Waals surface area contributed by atoms with E-state index in [-0.39, 0.29) is 18.8 Å². The van der Waals surface area contributed by atoms with Crippen molar-refractivity contribution in [2.45, 2.75) is 56.8 Å². The third-order valence-electron chi connectivity index (χ3n) is 6.12. The molecular weight excluding hydrogens is 476 g/mol. The van der Waals surface area contributed by atoms with Crippen molar-refractivity contribution in [3.8, 4) is 0 Å². The molecule has 0 bridgehead atoms. The molecule has 0 heterocycles. The molecule has 0 spiro atoms. The minimum Gasteiger partial charge on any atom is -0.457 e. The van der Waals surface area contributed by atoms with E-state index in [2.05, 4.69) is 0 Å². The minimum absolute atomic E-state index is 0.0817. The van der Waals surface area contributed by atoms with Gasteiger partial charge < -0.3 is 29.2 Å². The molecular formula is C29H30O8. The Morgan fingerprint density at radius 1 is 0.622 bits per heavy atom. The molecule has 3 aromatic rings. The molecule has 1 saturated carbocycles. The first-order chi connectivity index (χ1) is 17.9. The summed E-state index contributed by atoms with van der Waals surface area (Å²) in [6.45, 7) is 1.36. The van der Waals surface area contributed by atoms with Gasteiger partial charge in [-0.2, -0.15) is 0 Å². The van der Waals surface area contributed by atoms with E-state index in [4.69, 9.17) is 18.9 Å². The van der Waals surface area contributed by atoms with Crippen LogP contribution < -0.4 is 0 Å². The molecule has 1 fully saturated rings. The third kappa shape index (κ3) is 6.81. The fraction of sp³-hybridized carbons (Fsp3) is 0.310. The first kappa shape index (κ1) is 26.5. The number of ether oxygens (including phenoxy) is 4. The van der Waals surface area contributed by atoms with Gasteiger partial charge >= 0.3 is 11.9 Å². The van der Waals surface area contributed by atoms with E-state index in [1.54, 1.807) is 30.3 Å². The van der Waals surface area contributed by atoms with Crippen molar-refractivity contribution in [2.75, 3.05) is 0 Å². The van der Waals surface area contributed by atoms with Crippen molar-refractivity contribution in [1.29, 1.82) is 0 Å². The standard InChI is InChI=1S/C29H30O8/c1-19(30)36-27-24(32)28(37-29(33)22-15-9-4-10-16-22)26(35-18-21-13-7-3-8-14-21)23(31)25(27)34-17-20-11-5-2-6-12-20/h2-16,23-28,31-32H,17-18H2,1H3/t23-,24+,25-,26+,27-,28+/m1/s1. The molecule has 0 amide bonds. The van der Waals surface area contributed by atoms with Crippen LogP contribution in [-0.4, -0.2) is 58.8 Å². The fourth-order valence-electron chi connectivity index (χ4n) is 4.30. The second-order valence-electron chi connectivity index (χ2n) is 8.81. The Labute approximate surface area is 215 Å². The number of aliphatic hydroxyl groups is 2. The monoisotopic (exact) mass is 506 g/mol. The van der Waals surface area contributed by atoms with Crippen LogP contribution in [0.3, 0.4) is 0 Å². The Bertz CT molecular complexity index is 1140. The van der Waals surface area contributed by atoms with Gasteiger partial charge in [0.1, 0.15) is 24.4 Å². The van der Waals surface area contributed by atoms with Gasteiger partial charge in [-0.15, -0.1) is 0 Å². The van der Waals surface area contributed by atoms with E-state index in [1.807, 2.05) is 60.7 Å². The maximum atomic E-state index is 12.9. The van der Waals surface area contributed by atoms with Crippen LogP contribution in [-0.2, 0) is 37.0 Å². The van der Waals surface area contributed by atoms with E-state index in [0.29, 0.717) is 0 Å². The zero-order chi connectivity index (χ0) is 26.2. The van der Waals surface area contributed by atoms with E-state index >= 15 is 0 Å². The molecule has 0 saturated heterocycles. The first-order valence-electron chi connectivity index (χ1n) is 12.0. The number of carbonyl (C=O) groups is 2. The van der Waals surface area contributed by atoms with Crippen LogP contribution in [0.1, 0.15) is 28.4 Å². The van der Waals surface area contributed by atoms with Crippen LogP contribution in [0.5, 0.6) is 0 Å². The zero-order valence-electron chi connectivity index (χ0n) is 20.4. The van der Waals surface area contributed by atoms with Gasteiger partial charge in [-0.05, 0) is 23.3 Å². The molecule has 1 aliphatic rings. The molecule has 8 nitrogen and oxygen atoms in total. The lowest BCUT2D eigenvalue weighted by atomic mass is 9.84. The van der Waals surface area contributed by atoms with Crippen LogP contribution in [0.15, 0.2) is 91.0 Å². The number of carbonyl (C=O) groups excluding carboxylic acids is 2. The maximum absolute atomic E-state index is 12.9. The Kier molecular flexibility index (Phi) is 9.03. The van der Waals surface area contributed by atoms with Crippen molar-refractivity contribution in [3.05, 3.63) is 108 Å². The molecule has 194 valence electrons. The van der Waals surface area contributed by atoms with Crippen LogP contribution in [0.25, 0.3) is 0 Å². The van der Waals surface area contributed by atoms with Gasteiger partial charge in [-0.3, -0.25) is 4.79 Å². The SMILES string of the molecule is CC(=O)O[C@@H]1[C@H](O)[C@H](OC(=O)c2ccccc2)[C@@H](OCc2ccccc2)[C@H](O)[C@H]1OCc1ccccc1. The third-order valence-corrected chi connectivity index (χ3v) is 6.12. The van der Waals surface area contributed by atoms with E-state index in [1.165, 1.54) is 6.92 Å². The molecule has 0 unspecified atom stereocenters. The molecule has 3 aromatic carbocycles. The quantitative estimate of drug-likeness (QED) is 0.426. The average molecular weight is 507 g/mol. The van der Waals surface area contributed by atoms with Crippen LogP contribution in [0, 0.1) is 0 Å². The number of hydrogen-bond donors (Lipinski definition) is 2. The molecule has 0 aliphatic heterocycles. The number of benzene rings is 3. The lowest BCUT2D eigenvalue weighted by molar-refractivity contribution is -0.255. The average Bonchev–Trinajstić information content (AvgIpc) is 2.92. The fourth-order valence-corrected chi connectivity index (χ4v) is 4.30. The van der Waals surface area contributed by atoms with Crippen molar-refractivity contribution < 1.29 is 38.7 Å². The highest BCUT2D eigenvalue weighted by molar-refractivity contribution is 5.89. The van der Waals surface area contributed by atoms with Gasteiger partial charge in [0, 0.05) is 6.92 Å². The molecule has 0 radical (unpaired) electrons. The Hall–Kier alpha value is -3.56. The number of esters is 2. The lowest BCUT2D eigenvalue weighted by Gasteiger charge is -2.45. The van der Waals surface area contributed by atoms with Gasteiger partial charge in [-0.25, -0.2) is 4.79 Å². The molecule has 37 heavy (non-hydrogen) atoms. The Balaban J connectivity index is 1.61. The minimum atomic E-state index is -1.53. The summed E-state index contributed by atoms with van der Waals surface area (Å²) in [6.07, 6.45) is -7.88. The van der Waals surface area contributed by atoms with Gasteiger partial charge in [-0.1, -0.05) is 78.9 Å². The predicted octanol–water partition coefficient (Wildman–Crippen LogP) is 3.05. The second kappa shape index (κ2) is 12.6. The first-order valence-corrected chi connectivity index (χ1v) is 12.0. The van der Waals surface area contributed by atoms with E-state index < -0.39 is 48.6 Å². The number of hydrogen-bond acceptors (Lipinski definition) is 8.